The SMILES string of the molecule is COc1ccc(Cl)cc1S(=O)(=O)N(CCCN)CC1CCCC1. The molecule has 1 fully saturated rings. The molecule has 0 spiro atoms. The molecule has 0 unspecified atom stereocenters. The number of ether oxygens (including phenoxy) is 1. The molecule has 0 heterocycles. The molecule has 0 saturated heterocycles. The molecule has 130 valence electrons. The molecule has 1 aliphatic rings. The largest absolute Gasteiger partial charge is 0.495 e. The van der Waals surface area contributed by atoms with Gasteiger partial charge in [-0.25, -0.2) is 8.42 Å². The summed E-state index contributed by atoms with van der Waals surface area (Å²) in [5.74, 6) is 0.742. The number of rotatable bonds is 8. The van der Waals surface area contributed by atoms with E-state index in [-0.39, 0.29) is 4.90 Å². The minimum atomic E-state index is -3.66. The Bertz CT molecular complexity index is 616. The van der Waals surface area contributed by atoms with Crippen LogP contribution >= 0.6 is 11.6 Å². The van der Waals surface area contributed by atoms with Gasteiger partial charge in [-0.15, -0.1) is 0 Å². The van der Waals surface area contributed by atoms with Crippen LogP contribution in [0.3, 0.4) is 0 Å². The van der Waals surface area contributed by atoms with E-state index in [2.05, 4.69) is 0 Å². The van der Waals surface area contributed by atoms with Gasteiger partial charge in [0, 0.05) is 18.1 Å². The first-order valence-electron chi connectivity index (χ1n) is 8.02. The van der Waals surface area contributed by atoms with Gasteiger partial charge in [-0.2, -0.15) is 4.31 Å². The quantitative estimate of drug-likeness (QED) is 0.773. The summed E-state index contributed by atoms with van der Waals surface area (Å²) in [4.78, 5) is 0.127. The van der Waals surface area contributed by atoms with Crippen molar-refractivity contribution in [3.8, 4) is 5.75 Å². The highest BCUT2D eigenvalue weighted by Gasteiger charge is 2.30. The first-order valence-corrected chi connectivity index (χ1v) is 9.84. The van der Waals surface area contributed by atoms with Gasteiger partial charge in [-0.3, -0.25) is 0 Å². The Labute approximate surface area is 143 Å². The van der Waals surface area contributed by atoms with E-state index in [1.807, 2.05) is 0 Å². The van der Waals surface area contributed by atoms with Crippen molar-refractivity contribution in [2.45, 2.75) is 37.0 Å². The van der Waals surface area contributed by atoms with Gasteiger partial charge in [-0.1, -0.05) is 24.4 Å². The van der Waals surface area contributed by atoms with Gasteiger partial charge in [0.1, 0.15) is 10.6 Å². The van der Waals surface area contributed by atoms with E-state index >= 15 is 0 Å². The predicted octanol–water partition coefficient (Wildman–Crippen LogP) is 2.88. The number of nitrogens with two attached hydrogens (primary N) is 1. The topological polar surface area (TPSA) is 72.6 Å². The maximum Gasteiger partial charge on any atom is 0.246 e. The third kappa shape index (κ3) is 4.59. The predicted molar refractivity (Wildman–Crippen MR) is 92.4 cm³/mol. The molecular weight excluding hydrogens is 336 g/mol. The zero-order chi connectivity index (χ0) is 16.9. The van der Waals surface area contributed by atoms with Crippen LogP contribution in [0.5, 0.6) is 5.75 Å². The van der Waals surface area contributed by atoms with Gasteiger partial charge in [0.05, 0.1) is 7.11 Å². The van der Waals surface area contributed by atoms with Gasteiger partial charge < -0.3 is 10.5 Å². The molecule has 7 heteroatoms. The summed E-state index contributed by atoms with van der Waals surface area (Å²) in [6, 6.07) is 4.67. The monoisotopic (exact) mass is 360 g/mol. The van der Waals surface area contributed by atoms with Crippen LogP contribution in [-0.2, 0) is 10.0 Å². The molecule has 0 amide bonds. The highest BCUT2D eigenvalue weighted by atomic mass is 35.5. The Hall–Kier alpha value is -0.820. The zero-order valence-electron chi connectivity index (χ0n) is 13.5. The van der Waals surface area contributed by atoms with E-state index in [0.717, 1.165) is 12.8 Å². The molecule has 5 nitrogen and oxygen atoms in total. The van der Waals surface area contributed by atoms with Gasteiger partial charge in [-0.05, 0) is 49.9 Å². The van der Waals surface area contributed by atoms with Crippen LogP contribution in [0.1, 0.15) is 32.1 Å². The summed E-state index contributed by atoms with van der Waals surface area (Å²) >= 11 is 6.00. The minimum absolute atomic E-state index is 0.127. The van der Waals surface area contributed by atoms with Crippen molar-refractivity contribution in [2.75, 3.05) is 26.7 Å². The van der Waals surface area contributed by atoms with Crippen LogP contribution in [0.25, 0.3) is 0 Å². The Morgan fingerprint density at radius 1 is 1.35 bits per heavy atom. The molecule has 1 aliphatic carbocycles. The molecular formula is C16H25ClN2O3S. The number of halogens is 1. The maximum atomic E-state index is 13.1. The van der Waals surface area contributed by atoms with Crippen molar-refractivity contribution in [3.05, 3.63) is 23.2 Å². The second-order valence-electron chi connectivity index (χ2n) is 5.95. The summed E-state index contributed by atoms with van der Waals surface area (Å²) in [7, 11) is -2.20. The molecule has 0 aromatic heterocycles. The summed E-state index contributed by atoms with van der Waals surface area (Å²) in [5, 5.41) is 0.379. The van der Waals surface area contributed by atoms with Gasteiger partial charge >= 0.3 is 0 Å². The number of methoxy groups -OCH3 is 1. The first kappa shape index (κ1) is 18.5. The second kappa shape index (κ2) is 8.33. The van der Waals surface area contributed by atoms with Crippen LogP contribution in [0, 0.1) is 5.92 Å². The minimum Gasteiger partial charge on any atom is -0.495 e. The average Bonchev–Trinajstić information content (AvgIpc) is 3.04. The average molecular weight is 361 g/mol. The third-order valence-electron chi connectivity index (χ3n) is 4.29. The smallest absolute Gasteiger partial charge is 0.246 e. The summed E-state index contributed by atoms with van der Waals surface area (Å²) in [6.45, 7) is 1.42. The lowest BCUT2D eigenvalue weighted by Gasteiger charge is -2.25. The van der Waals surface area contributed by atoms with Crippen molar-refractivity contribution in [3.63, 3.8) is 0 Å². The van der Waals surface area contributed by atoms with Crippen molar-refractivity contribution in [1.82, 2.24) is 4.31 Å². The van der Waals surface area contributed by atoms with E-state index in [4.69, 9.17) is 22.1 Å². The summed E-state index contributed by atoms with van der Waals surface area (Å²) < 4.78 is 33.0. The maximum absolute atomic E-state index is 13.1. The lowest BCUT2D eigenvalue weighted by Crippen LogP contribution is -2.36. The Balaban J connectivity index is 2.32. The Morgan fingerprint density at radius 3 is 2.65 bits per heavy atom. The lowest BCUT2D eigenvalue weighted by atomic mass is 10.1. The third-order valence-corrected chi connectivity index (χ3v) is 6.41. The van der Waals surface area contributed by atoms with Gasteiger partial charge in [0.15, 0.2) is 0 Å². The molecule has 2 rings (SSSR count). The molecule has 0 bridgehead atoms. The number of sulfonamides is 1. The lowest BCUT2D eigenvalue weighted by molar-refractivity contribution is 0.339. The van der Waals surface area contributed by atoms with Crippen molar-refractivity contribution >= 4 is 21.6 Å². The molecule has 1 aromatic carbocycles. The fraction of sp³-hybridized carbons (Fsp3) is 0.625. The Kier molecular flexibility index (Phi) is 6.71. The van der Waals surface area contributed by atoms with E-state index in [0.29, 0.717) is 42.7 Å². The van der Waals surface area contributed by atoms with Gasteiger partial charge in [0.2, 0.25) is 10.0 Å². The van der Waals surface area contributed by atoms with E-state index in [1.54, 1.807) is 16.4 Å². The molecule has 1 aromatic rings. The summed E-state index contributed by atoms with van der Waals surface area (Å²) in [5.41, 5.74) is 5.58. The van der Waals surface area contributed by atoms with E-state index < -0.39 is 10.0 Å². The highest BCUT2D eigenvalue weighted by molar-refractivity contribution is 7.89. The fourth-order valence-electron chi connectivity index (χ4n) is 3.05. The highest BCUT2D eigenvalue weighted by Crippen LogP contribution is 2.32. The molecule has 1 saturated carbocycles. The zero-order valence-corrected chi connectivity index (χ0v) is 15.1. The fourth-order valence-corrected chi connectivity index (χ4v) is 5.02. The Morgan fingerprint density at radius 2 is 2.04 bits per heavy atom. The second-order valence-corrected chi connectivity index (χ2v) is 8.29. The first-order chi connectivity index (χ1) is 11.0. The normalized spacial score (nSPS) is 16.2. The van der Waals surface area contributed by atoms with Crippen molar-refractivity contribution < 1.29 is 13.2 Å². The van der Waals surface area contributed by atoms with Crippen LogP contribution in [0.15, 0.2) is 23.1 Å². The van der Waals surface area contributed by atoms with E-state index in [9.17, 15) is 8.42 Å². The van der Waals surface area contributed by atoms with Crippen LogP contribution in [-0.4, -0.2) is 39.5 Å². The molecule has 2 N–H and O–H groups in total. The molecule has 0 radical (unpaired) electrons. The molecule has 0 atom stereocenters. The van der Waals surface area contributed by atoms with Crippen molar-refractivity contribution in [2.24, 2.45) is 11.7 Å². The van der Waals surface area contributed by atoms with E-state index in [1.165, 1.54) is 26.0 Å². The van der Waals surface area contributed by atoms with Crippen LogP contribution in [0.2, 0.25) is 5.02 Å². The number of hydrogen-bond acceptors (Lipinski definition) is 4. The van der Waals surface area contributed by atoms with Crippen LogP contribution in [0.4, 0.5) is 0 Å². The molecule has 23 heavy (non-hydrogen) atoms. The standard InChI is InChI=1S/C16H25ClN2O3S/c1-22-15-8-7-14(17)11-16(15)23(20,21)19(10-4-9-18)12-13-5-2-3-6-13/h7-8,11,13H,2-6,9-10,12,18H2,1H3. The van der Waals surface area contributed by atoms with Gasteiger partial charge in [0.25, 0.3) is 0 Å². The number of hydrogen-bond donors (Lipinski definition) is 1. The number of benzene rings is 1. The van der Waals surface area contributed by atoms with Crippen molar-refractivity contribution in [1.29, 1.82) is 0 Å². The van der Waals surface area contributed by atoms with Crippen LogP contribution < -0.4 is 10.5 Å². The number of nitrogens with zero attached hydrogens (tertiary/aromatic N) is 1. The summed E-state index contributed by atoms with van der Waals surface area (Å²) in [6.07, 6.45) is 5.16. The molecule has 0 aliphatic heterocycles.